The monoisotopic (exact) mass is 306 g/mol. The number of rotatable bonds is 5. The Hall–Kier alpha value is -1.52. The third-order valence-corrected chi connectivity index (χ3v) is 4.44. The SMILES string of the molecule is CN=C(NCCc1c(C)noc1C)N1CCC(CC(C)C)C1. The Morgan fingerprint density at radius 1 is 1.45 bits per heavy atom. The van der Waals surface area contributed by atoms with Gasteiger partial charge in [-0.3, -0.25) is 4.99 Å². The molecule has 1 aromatic rings. The quantitative estimate of drug-likeness (QED) is 0.671. The molecule has 0 bridgehead atoms. The van der Waals surface area contributed by atoms with Gasteiger partial charge in [0, 0.05) is 32.2 Å². The molecule has 0 aliphatic carbocycles. The molecule has 1 atom stereocenters. The van der Waals surface area contributed by atoms with Gasteiger partial charge in [-0.1, -0.05) is 19.0 Å². The van der Waals surface area contributed by atoms with Gasteiger partial charge < -0.3 is 14.7 Å². The van der Waals surface area contributed by atoms with E-state index in [4.69, 9.17) is 4.52 Å². The Morgan fingerprint density at radius 2 is 2.23 bits per heavy atom. The summed E-state index contributed by atoms with van der Waals surface area (Å²) < 4.78 is 5.21. The molecule has 1 aliphatic heterocycles. The summed E-state index contributed by atoms with van der Waals surface area (Å²) in [6, 6.07) is 0. The molecule has 2 heterocycles. The smallest absolute Gasteiger partial charge is 0.193 e. The number of likely N-dealkylation sites (tertiary alicyclic amines) is 1. The molecule has 22 heavy (non-hydrogen) atoms. The highest BCUT2D eigenvalue weighted by Crippen LogP contribution is 2.23. The molecule has 1 aliphatic rings. The van der Waals surface area contributed by atoms with Gasteiger partial charge in [-0.2, -0.15) is 0 Å². The minimum Gasteiger partial charge on any atom is -0.361 e. The number of hydrogen-bond donors (Lipinski definition) is 1. The fourth-order valence-electron chi connectivity index (χ4n) is 3.37. The van der Waals surface area contributed by atoms with Gasteiger partial charge in [0.05, 0.1) is 5.69 Å². The van der Waals surface area contributed by atoms with Crippen molar-refractivity contribution in [1.82, 2.24) is 15.4 Å². The molecule has 0 spiro atoms. The van der Waals surface area contributed by atoms with E-state index in [0.29, 0.717) is 0 Å². The maximum atomic E-state index is 5.21. The third kappa shape index (κ3) is 4.24. The van der Waals surface area contributed by atoms with Crippen molar-refractivity contribution < 1.29 is 4.52 Å². The predicted octanol–water partition coefficient (Wildman–Crippen LogP) is 2.78. The molecular formula is C17H30N4O. The maximum Gasteiger partial charge on any atom is 0.193 e. The van der Waals surface area contributed by atoms with E-state index in [1.165, 1.54) is 18.4 Å². The molecule has 0 amide bonds. The minimum atomic E-state index is 0.777. The second-order valence-corrected chi connectivity index (χ2v) is 6.76. The zero-order chi connectivity index (χ0) is 16.1. The number of nitrogens with zero attached hydrogens (tertiary/aromatic N) is 3. The molecule has 1 unspecified atom stereocenters. The van der Waals surface area contributed by atoms with E-state index in [9.17, 15) is 0 Å². The van der Waals surface area contributed by atoms with Crippen LogP contribution in [0, 0.1) is 25.7 Å². The van der Waals surface area contributed by atoms with Crippen molar-refractivity contribution in [1.29, 1.82) is 0 Å². The van der Waals surface area contributed by atoms with Crippen LogP contribution in [0.4, 0.5) is 0 Å². The van der Waals surface area contributed by atoms with E-state index in [2.05, 4.69) is 34.2 Å². The number of aryl methyl sites for hydroxylation is 2. The average molecular weight is 306 g/mol. The molecule has 1 saturated heterocycles. The second-order valence-electron chi connectivity index (χ2n) is 6.76. The fourth-order valence-corrected chi connectivity index (χ4v) is 3.37. The molecule has 5 heteroatoms. The van der Waals surface area contributed by atoms with E-state index in [1.807, 2.05) is 20.9 Å². The topological polar surface area (TPSA) is 53.7 Å². The highest BCUT2D eigenvalue weighted by molar-refractivity contribution is 5.80. The second kappa shape index (κ2) is 7.65. The Kier molecular flexibility index (Phi) is 5.86. The van der Waals surface area contributed by atoms with Crippen molar-refractivity contribution in [2.24, 2.45) is 16.8 Å². The maximum absolute atomic E-state index is 5.21. The normalized spacial score (nSPS) is 19.3. The largest absolute Gasteiger partial charge is 0.361 e. The summed E-state index contributed by atoms with van der Waals surface area (Å²) in [6.07, 6.45) is 3.51. The van der Waals surface area contributed by atoms with Gasteiger partial charge in [0.15, 0.2) is 5.96 Å². The fraction of sp³-hybridized carbons (Fsp3) is 0.765. The van der Waals surface area contributed by atoms with Crippen LogP contribution in [0.1, 0.15) is 43.7 Å². The first kappa shape index (κ1) is 16.8. The molecule has 1 N–H and O–H groups in total. The third-order valence-electron chi connectivity index (χ3n) is 4.44. The summed E-state index contributed by atoms with van der Waals surface area (Å²) in [5.74, 6) is 3.53. The number of nitrogens with one attached hydrogen (secondary N) is 1. The highest BCUT2D eigenvalue weighted by atomic mass is 16.5. The van der Waals surface area contributed by atoms with Crippen molar-refractivity contribution in [3.63, 3.8) is 0 Å². The number of aromatic nitrogens is 1. The highest BCUT2D eigenvalue weighted by Gasteiger charge is 2.25. The molecule has 1 fully saturated rings. The lowest BCUT2D eigenvalue weighted by Crippen LogP contribution is -2.41. The van der Waals surface area contributed by atoms with Gasteiger partial charge in [-0.15, -0.1) is 0 Å². The molecule has 1 aromatic heterocycles. The first-order valence-corrected chi connectivity index (χ1v) is 8.38. The van der Waals surface area contributed by atoms with Crippen molar-refractivity contribution in [2.75, 3.05) is 26.7 Å². The Balaban J connectivity index is 1.81. The molecular weight excluding hydrogens is 276 g/mol. The predicted molar refractivity (Wildman–Crippen MR) is 90.2 cm³/mol. The van der Waals surface area contributed by atoms with E-state index < -0.39 is 0 Å². The van der Waals surface area contributed by atoms with Crippen LogP contribution in [0.3, 0.4) is 0 Å². The van der Waals surface area contributed by atoms with Crippen LogP contribution in [0.15, 0.2) is 9.52 Å². The van der Waals surface area contributed by atoms with E-state index in [0.717, 1.165) is 55.3 Å². The van der Waals surface area contributed by atoms with Crippen molar-refractivity contribution in [3.8, 4) is 0 Å². The van der Waals surface area contributed by atoms with Crippen molar-refractivity contribution in [2.45, 2.75) is 47.0 Å². The van der Waals surface area contributed by atoms with E-state index in [1.54, 1.807) is 0 Å². The van der Waals surface area contributed by atoms with Crippen LogP contribution >= 0.6 is 0 Å². The van der Waals surface area contributed by atoms with Crippen LogP contribution < -0.4 is 5.32 Å². The van der Waals surface area contributed by atoms with E-state index in [-0.39, 0.29) is 0 Å². The van der Waals surface area contributed by atoms with Gasteiger partial charge >= 0.3 is 0 Å². The molecule has 5 nitrogen and oxygen atoms in total. The zero-order valence-corrected chi connectivity index (χ0v) is 14.6. The standard InChI is InChI=1S/C17H30N4O/c1-12(2)10-15-7-9-21(11-15)17(18-5)19-8-6-16-13(3)20-22-14(16)4/h12,15H,6-11H2,1-5H3,(H,18,19). The van der Waals surface area contributed by atoms with Crippen LogP contribution in [0.2, 0.25) is 0 Å². The van der Waals surface area contributed by atoms with Crippen LogP contribution in [0.5, 0.6) is 0 Å². The van der Waals surface area contributed by atoms with Crippen molar-refractivity contribution in [3.05, 3.63) is 17.0 Å². The lowest BCUT2D eigenvalue weighted by molar-refractivity contribution is 0.392. The summed E-state index contributed by atoms with van der Waals surface area (Å²) >= 11 is 0. The summed E-state index contributed by atoms with van der Waals surface area (Å²) in [5.41, 5.74) is 2.20. The average Bonchev–Trinajstić information content (AvgIpc) is 3.03. The molecule has 0 radical (unpaired) electrons. The summed E-state index contributed by atoms with van der Waals surface area (Å²) in [7, 11) is 1.87. The molecule has 2 rings (SSSR count). The van der Waals surface area contributed by atoms with Gasteiger partial charge in [-0.25, -0.2) is 0 Å². The minimum absolute atomic E-state index is 0.777. The molecule has 124 valence electrons. The number of aliphatic imine (C=N–C) groups is 1. The lowest BCUT2D eigenvalue weighted by atomic mass is 9.97. The van der Waals surface area contributed by atoms with Crippen LogP contribution in [-0.4, -0.2) is 42.7 Å². The Morgan fingerprint density at radius 3 is 2.82 bits per heavy atom. The first-order chi connectivity index (χ1) is 10.5. The molecule has 0 aromatic carbocycles. The van der Waals surface area contributed by atoms with Gasteiger partial charge in [0.2, 0.25) is 0 Å². The van der Waals surface area contributed by atoms with Gasteiger partial charge in [0.1, 0.15) is 5.76 Å². The number of hydrogen-bond acceptors (Lipinski definition) is 3. The van der Waals surface area contributed by atoms with Gasteiger partial charge in [0.25, 0.3) is 0 Å². The zero-order valence-electron chi connectivity index (χ0n) is 14.6. The molecule has 0 saturated carbocycles. The van der Waals surface area contributed by atoms with Crippen LogP contribution in [0.25, 0.3) is 0 Å². The van der Waals surface area contributed by atoms with Gasteiger partial charge in [-0.05, 0) is 44.9 Å². The van der Waals surface area contributed by atoms with Crippen LogP contribution in [-0.2, 0) is 6.42 Å². The Bertz CT molecular complexity index is 487. The van der Waals surface area contributed by atoms with Crippen molar-refractivity contribution >= 4 is 5.96 Å². The lowest BCUT2D eigenvalue weighted by Gasteiger charge is -2.22. The summed E-state index contributed by atoms with van der Waals surface area (Å²) in [4.78, 5) is 6.83. The Labute approximate surface area is 134 Å². The summed E-state index contributed by atoms with van der Waals surface area (Å²) in [6.45, 7) is 11.7. The number of guanidine groups is 1. The first-order valence-electron chi connectivity index (χ1n) is 8.38. The van der Waals surface area contributed by atoms with E-state index >= 15 is 0 Å². The summed E-state index contributed by atoms with van der Waals surface area (Å²) in [5, 5.41) is 7.49.